The van der Waals surface area contributed by atoms with Crippen LogP contribution in [0.5, 0.6) is 0 Å². The van der Waals surface area contributed by atoms with E-state index in [-0.39, 0.29) is 16.5 Å². The predicted molar refractivity (Wildman–Crippen MR) is 129 cm³/mol. The maximum absolute atomic E-state index is 13.5. The molecule has 1 aliphatic heterocycles. The van der Waals surface area contributed by atoms with Crippen LogP contribution in [0.3, 0.4) is 0 Å². The number of carbonyl (C=O) groups excluding carboxylic acids is 2. The van der Waals surface area contributed by atoms with Gasteiger partial charge in [0, 0.05) is 24.3 Å². The Balaban J connectivity index is 1.55. The number of nitrogens with zero attached hydrogens (tertiary/aromatic N) is 2. The van der Waals surface area contributed by atoms with E-state index >= 15 is 0 Å². The van der Waals surface area contributed by atoms with Gasteiger partial charge in [0.05, 0.1) is 10.6 Å². The highest BCUT2D eigenvalue weighted by molar-refractivity contribution is 7.92. The summed E-state index contributed by atoms with van der Waals surface area (Å²) in [6, 6.07) is 18.0. The van der Waals surface area contributed by atoms with E-state index in [4.69, 9.17) is 0 Å². The second kappa shape index (κ2) is 9.64. The molecule has 0 spiro atoms. The lowest BCUT2D eigenvalue weighted by molar-refractivity contribution is -0.117. The van der Waals surface area contributed by atoms with E-state index in [0.717, 1.165) is 34.1 Å². The molecular formula is C25H24FN3O4S. The molecule has 9 heteroatoms. The number of anilines is 3. The Kier molecular flexibility index (Phi) is 6.65. The van der Waals surface area contributed by atoms with Crippen molar-refractivity contribution in [2.24, 2.45) is 0 Å². The smallest absolute Gasteiger partial charge is 0.264 e. The predicted octanol–water partition coefficient (Wildman–Crippen LogP) is 4.09. The fourth-order valence-electron chi connectivity index (χ4n) is 3.74. The standard InChI is InChI=1S/C25H24FN3O4S/c1-18-4-14-23(15-5-18)34(32,33)29(22-10-6-19(26)7-11-22)17-24(30)27-20-8-12-21(13-9-20)28-16-2-3-25(28)31/h4-15H,2-3,16-17H2,1H3,(H,27,30). The molecule has 34 heavy (non-hydrogen) atoms. The summed E-state index contributed by atoms with van der Waals surface area (Å²) >= 11 is 0. The van der Waals surface area contributed by atoms with Crippen LogP contribution in [0.2, 0.25) is 0 Å². The summed E-state index contributed by atoms with van der Waals surface area (Å²) in [5.41, 5.74) is 2.27. The van der Waals surface area contributed by atoms with E-state index in [1.165, 1.54) is 24.3 Å². The number of amides is 2. The Morgan fingerprint density at radius 2 is 1.65 bits per heavy atom. The van der Waals surface area contributed by atoms with E-state index < -0.39 is 28.3 Å². The van der Waals surface area contributed by atoms with Gasteiger partial charge in [-0.15, -0.1) is 0 Å². The van der Waals surface area contributed by atoms with Crippen molar-refractivity contribution in [2.75, 3.05) is 27.6 Å². The van der Waals surface area contributed by atoms with Gasteiger partial charge in [-0.2, -0.15) is 0 Å². The monoisotopic (exact) mass is 481 g/mol. The van der Waals surface area contributed by atoms with Crippen molar-refractivity contribution < 1.29 is 22.4 Å². The average molecular weight is 482 g/mol. The van der Waals surface area contributed by atoms with E-state index in [9.17, 15) is 22.4 Å². The Morgan fingerprint density at radius 3 is 2.24 bits per heavy atom. The minimum atomic E-state index is -4.09. The molecular weight excluding hydrogens is 457 g/mol. The van der Waals surface area contributed by atoms with Gasteiger partial charge in [0.1, 0.15) is 12.4 Å². The molecule has 0 radical (unpaired) electrons. The van der Waals surface area contributed by atoms with Gasteiger partial charge >= 0.3 is 0 Å². The van der Waals surface area contributed by atoms with Crippen molar-refractivity contribution in [2.45, 2.75) is 24.7 Å². The summed E-state index contributed by atoms with van der Waals surface area (Å²) in [4.78, 5) is 26.5. The molecule has 0 bridgehead atoms. The lowest BCUT2D eigenvalue weighted by atomic mass is 10.2. The van der Waals surface area contributed by atoms with Crippen LogP contribution in [0.4, 0.5) is 21.5 Å². The van der Waals surface area contributed by atoms with Gasteiger partial charge in [0.15, 0.2) is 0 Å². The van der Waals surface area contributed by atoms with Crippen LogP contribution in [0.25, 0.3) is 0 Å². The fraction of sp³-hybridized carbons (Fsp3) is 0.200. The molecule has 1 aliphatic rings. The molecule has 0 aliphatic carbocycles. The molecule has 176 valence electrons. The van der Waals surface area contributed by atoms with Gasteiger partial charge in [0.25, 0.3) is 10.0 Å². The Bertz CT molecular complexity index is 1290. The molecule has 1 N–H and O–H groups in total. The van der Waals surface area contributed by atoms with Gasteiger partial charge in [-0.25, -0.2) is 12.8 Å². The highest BCUT2D eigenvalue weighted by atomic mass is 32.2. The first kappa shape index (κ1) is 23.4. The SMILES string of the molecule is Cc1ccc(S(=O)(=O)N(CC(=O)Nc2ccc(N3CCCC3=O)cc2)c2ccc(F)cc2)cc1. The molecule has 4 rings (SSSR count). The molecule has 0 aromatic heterocycles. The van der Waals surface area contributed by atoms with Crippen molar-refractivity contribution in [3.63, 3.8) is 0 Å². The summed E-state index contributed by atoms with van der Waals surface area (Å²) in [7, 11) is -4.09. The zero-order valence-electron chi connectivity index (χ0n) is 18.6. The van der Waals surface area contributed by atoms with E-state index in [0.29, 0.717) is 18.7 Å². The number of benzene rings is 3. The van der Waals surface area contributed by atoms with Crippen molar-refractivity contribution >= 4 is 38.9 Å². The van der Waals surface area contributed by atoms with Crippen LogP contribution in [0, 0.1) is 12.7 Å². The lowest BCUT2D eigenvalue weighted by Crippen LogP contribution is -2.38. The van der Waals surface area contributed by atoms with Crippen LogP contribution in [-0.2, 0) is 19.6 Å². The van der Waals surface area contributed by atoms with E-state index in [1.807, 2.05) is 6.92 Å². The Hall–Kier alpha value is -3.72. The minimum Gasteiger partial charge on any atom is -0.325 e. The van der Waals surface area contributed by atoms with E-state index in [2.05, 4.69) is 5.32 Å². The normalized spacial score (nSPS) is 13.7. The molecule has 3 aromatic rings. The van der Waals surface area contributed by atoms with Crippen LogP contribution < -0.4 is 14.5 Å². The summed E-state index contributed by atoms with van der Waals surface area (Å²) in [6.07, 6.45) is 1.33. The third-order valence-corrected chi connectivity index (χ3v) is 7.34. The molecule has 0 saturated carbocycles. The first-order valence-corrected chi connectivity index (χ1v) is 12.2. The largest absolute Gasteiger partial charge is 0.325 e. The van der Waals surface area contributed by atoms with Gasteiger partial charge in [-0.05, 0) is 74.0 Å². The number of aryl methyl sites for hydroxylation is 1. The third-order valence-electron chi connectivity index (χ3n) is 5.55. The van der Waals surface area contributed by atoms with Crippen LogP contribution in [-0.4, -0.2) is 33.3 Å². The number of sulfonamides is 1. The highest BCUT2D eigenvalue weighted by Crippen LogP contribution is 2.26. The number of nitrogens with one attached hydrogen (secondary N) is 1. The molecule has 7 nitrogen and oxygen atoms in total. The zero-order valence-corrected chi connectivity index (χ0v) is 19.4. The molecule has 1 fully saturated rings. The summed E-state index contributed by atoms with van der Waals surface area (Å²) in [6.45, 7) is 1.99. The molecule has 1 heterocycles. The Labute approximate surface area is 197 Å². The number of halogens is 1. The average Bonchev–Trinajstić information content (AvgIpc) is 3.25. The van der Waals surface area contributed by atoms with Gasteiger partial charge in [0.2, 0.25) is 11.8 Å². The van der Waals surface area contributed by atoms with E-state index in [1.54, 1.807) is 41.3 Å². The van der Waals surface area contributed by atoms with Gasteiger partial charge < -0.3 is 10.2 Å². The van der Waals surface area contributed by atoms with Gasteiger partial charge in [-0.1, -0.05) is 17.7 Å². The Morgan fingerprint density at radius 1 is 1.00 bits per heavy atom. The minimum absolute atomic E-state index is 0.0230. The second-order valence-electron chi connectivity index (χ2n) is 8.05. The van der Waals surface area contributed by atoms with Crippen molar-refractivity contribution in [3.05, 3.63) is 84.2 Å². The first-order valence-electron chi connectivity index (χ1n) is 10.8. The van der Waals surface area contributed by atoms with Crippen LogP contribution >= 0.6 is 0 Å². The zero-order chi connectivity index (χ0) is 24.3. The molecule has 2 amide bonds. The number of carbonyl (C=O) groups is 2. The number of rotatable bonds is 7. The van der Waals surface area contributed by atoms with Crippen LogP contribution in [0.15, 0.2) is 77.7 Å². The summed E-state index contributed by atoms with van der Waals surface area (Å²) in [5.74, 6) is -1.02. The third kappa shape index (κ3) is 5.09. The second-order valence-corrected chi connectivity index (χ2v) is 9.91. The summed E-state index contributed by atoms with van der Waals surface area (Å²) < 4.78 is 41.1. The summed E-state index contributed by atoms with van der Waals surface area (Å²) in [5, 5.41) is 2.69. The molecule has 1 saturated heterocycles. The topological polar surface area (TPSA) is 86.8 Å². The molecule has 0 unspecified atom stereocenters. The van der Waals surface area contributed by atoms with Gasteiger partial charge in [-0.3, -0.25) is 13.9 Å². The first-order chi connectivity index (χ1) is 16.2. The number of hydrogen-bond acceptors (Lipinski definition) is 4. The molecule has 3 aromatic carbocycles. The fourth-order valence-corrected chi connectivity index (χ4v) is 5.16. The number of hydrogen-bond donors (Lipinski definition) is 1. The quantitative estimate of drug-likeness (QED) is 0.551. The molecule has 0 atom stereocenters. The highest BCUT2D eigenvalue weighted by Gasteiger charge is 2.27. The maximum atomic E-state index is 13.5. The van der Waals surface area contributed by atoms with Crippen LogP contribution in [0.1, 0.15) is 18.4 Å². The van der Waals surface area contributed by atoms with Crippen molar-refractivity contribution in [1.29, 1.82) is 0 Å². The maximum Gasteiger partial charge on any atom is 0.264 e. The van der Waals surface area contributed by atoms with Crippen molar-refractivity contribution in [1.82, 2.24) is 0 Å². The lowest BCUT2D eigenvalue weighted by Gasteiger charge is -2.24. The van der Waals surface area contributed by atoms with Crippen molar-refractivity contribution in [3.8, 4) is 0 Å².